The van der Waals surface area contributed by atoms with Crippen LogP contribution in [0.1, 0.15) is 20.8 Å². The largest absolute Gasteiger partial charge is 0.345 e. The van der Waals surface area contributed by atoms with E-state index >= 15 is 0 Å². The summed E-state index contributed by atoms with van der Waals surface area (Å²) in [5, 5.41) is 4.65. The highest BCUT2D eigenvalue weighted by Gasteiger charge is 2.14. The van der Waals surface area contributed by atoms with E-state index in [0.29, 0.717) is 22.0 Å². The molecule has 0 aliphatic carbocycles. The number of rotatable bonds is 3. The molecule has 0 fully saturated rings. The molecule has 2 rings (SSSR count). The molecule has 2 amide bonds. The van der Waals surface area contributed by atoms with Crippen LogP contribution >= 0.6 is 22.9 Å². The smallest absolute Gasteiger partial charge is 0.275 e. The van der Waals surface area contributed by atoms with Gasteiger partial charge in [-0.2, -0.15) is 0 Å². The zero-order valence-corrected chi connectivity index (χ0v) is 12.5. The number of hydrogen-bond acceptors (Lipinski definition) is 4. The Bertz CT molecular complexity index is 641. The normalized spacial score (nSPS) is 10.2. The minimum Gasteiger partial charge on any atom is -0.345 e. The monoisotopic (exact) mass is 309 g/mol. The molecular weight excluding hydrogens is 298 g/mol. The van der Waals surface area contributed by atoms with Crippen molar-refractivity contribution < 1.29 is 9.59 Å². The summed E-state index contributed by atoms with van der Waals surface area (Å²) in [6.45, 7) is 0. The fourth-order valence-electron chi connectivity index (χ4n) is 1.52. The molecule has 7 heteroatoms. The molecule has 0 aliphatic heterocycles. The number of amides is 2. The molecule has 5 nitrogen and oxygen atoms in total. The van der Waals surface area contributed by atoms with Gasteiger partial charge in [-0.1, -0.05) is 11.6 Å². The van der Waals surface area contributed by atoms with Gasteiger partial charge in [-0.15, -0.1) is 11.3 Å². The number of thiazole rings is 1. The minimum absolute atomic E-state index is 0.161. The average Bonchev–Trinajstić information content (AvgIpc) is 2.94. The molecule has 0 atom stereocenters. The molecule has 0 saturated heterocycles. The first-order valence-corrected chi connectivity index (χ1v) is 7.02. The average molecular weight is 310 g/mol. The van der Waals surface area contributed by atoms with Gasteiger partial charge in [0.15, 0.2) is 0 Å². The van der Waals surface area contributed by atoms with Crippen LogP contribution in [0.25, 0.3) is 0 Å². The zero-order chi connectivity index (χ0) is 14.7. The van der Waals surface area contributed by atoms with Crippen LogP contribution in [0.3, 0.4) is 0 Å². The van der Waals surface area contributed by atoms with E-state index in [-0.39, 0.29) is 11.8 Å². The van der Waals surface area contributed by atoms with Crippen LogP contribution in [0.4, 0.5) is 5.69 Å². The van der Waals surface area contributed by atoms with E-state index < -0.39 is 0 Å². The van der Waals surface area contributed by atoms with E-state index in [9.17, 15) is 9.59 Å². The highest BCUT2D eigenvalue weighted by molar-refractivity contribution is 7.07. The van der Waals surface area contributed by atoms with Crippen molar-refractivity contribution in [3.05, 3.63) is 45.4 Å². The third-order valence-corrected chi connectivity index (χ3v) is 3.45. The van der Waals surface area contributed by atoms with Crippen LogP contribution in [-0.4, -0.2) is 35.8 Å². The maximum absolute atomic E-state index is 11.9. The number of hydrogen-bond donors (Lipinski definition) is 1. The van der Waals surface area contributed by atoms with Gasteiger partial charge in [0.05, 0.1) is 16.2 Å². The molecule has 0 saturated carbocycles. The molecule has 104 valence electrons. The molecule has 0 unspecified atom stereocenters. The molecule has 0 radical (unpaired) electrons. The number of anilines is 1. The summed E-state index contributed by atoms with van der Waals surface area (Å²) in [5.41, 5.74) is 2.73. The second kappa shape index (κ2) is 6.02. The standard InChI is InChI=1S/C13H12ClN3O2S/c1-17(2)13(19)8-3-4-9(14)10(5-8)16-12(18)11-6-20-7-15-11/h3-7H,1-2H3,(H,16,18). The van der Waals surface area contributed by atoms with Crippen molar-refractivity contribution in [2.24, 2.45) is 0 Å². The highest BCUT2D eigenvalue weighted by Crippen LogP contribution is 2.24. The van der Waals surface area contributed by atoms with Crippen LogP contribution in [-0.2, 0) is 0 Å². The summed E-state index contributed by atoms with van der Waals surface area (Å²) in [7, 11) is 3.31. The SMILES string of the molecule is CN(C)C(=O)c1ccc(Cl)c(NC(=O)c2cscn2)c1. The lowest BCUT2D eigenvalue weighted by Gasteiger charge is -2.12. The second-order valence-electron chi connectivity index (χ2n) is 4.22. The number of halogens is 1. The third-order valence-electron chi connectivity index (χ3n) is 2.53. The number of aromatic nitrogens is 1. The molecule has 1 aromatic carbocycles. The van der Waals surface area contributed by atoms with Gasteiger partial charge in [0, 0.05) is 25.0 Å². The molecule has 20 heavy (non-hydrogen) atoms. The van der Waals surface area contributed by atoms with Crippen molar-refractivity contribution in [1.82, 2.24) is 9.88 Å². The Hall–Kier alpha value is -1.92. The predicted octanol–water partition coefficient (Wildman–Crippen LogP) is 2.75. The number of benzene rings is 1. The van der Waals surface area contributed by atoms with E-state index in [1.54, 1.807) is 43.2 Å². The molecule has 2 aromatic rings. The van der Waals surface area contributed by atoms with Crippen LogP contribution in [0.5, 0.6) is 0 Å². The van der Waals surface area contributed by atoms with E-state index in [1.807, 2.05) is 0 Å². The summed E-state index contributed by atoms with van der Waals surface area (Å²) in [6, 6.07) is 4.74. The van der Waals surface area contributed by atoms with E-state index in [2.05, 4.69) is 10.3 Å². The predicted molar refractivity (Wildman–Crippen MR) is 79.5 cm³/mol. The Morgan fingerprint density at radius 2 is 2.10 bits per heavy atom. The van der Waals surface area contributed by atoms with Gasteiger partial charge in [-0.3, -0.25) is 9.59 Å². The Morgan fingerprint density at radius 1 is 1.35 bits per heavy atom. The maximum atomic E-state index is 11.9. The third kappa shape index (κ3) is 3.15. The van der Waals surface area contributed by atoms with E-state index in [0.717, 1.165) is 0 Å². The summed E-state index contributed by atoms with van der Waals surface area (Å²) in [5.74, 6) is -0.520. The van der Waals surface area contributed by atoms with Crippen molar-refractivity contribution in [2.45, 2.75) is 0 Å². The molecule has 0 aliphatic rings. The molecule has 0 spiro atoms. The highest BCUT2D eigenvalue weighted by atomic mass is 35.5. The van der Waals surface area contributed by atoms with Gasteiger partial charge >= 0.3 is 0 Å². The molecular formula is C13H12ClN3O2S. The molecule has 1 heterocycles. The van der Waals surface area contributed by atoms with Crippen molar-refractivity contribution in [1.29, 1.82) is 0 Å². The Balaban J connectivity index is 2.25. The molecule has 1 aromatic heterocycles. The molecule has 0 bridgehead atoms. The summed E-state index contributed by atoms with van der Waals surface area (Å²) >= 11 is 7.36. The van der Waals surface area contributed by atoms with Crippen LogP contribution in [0.15, 0.2) is 29.1 Å². The van der Waals surface area contributed by atoms with E-state index in [1.165, 1.54) is 16.2 Å². The van der Waals surface area contributed by atoms with Gasteiger partial charge in [-0.25, -0.2) is 4.98 Å². The van der Waals surface area contributed by atoms with Crippen molar-refractivity contribution >= 4 is 40.4 Å². The van der Waals surface area contributed by atoms with Crippen molar-refractivity contribution in [3.8, 4) is 0 Å². The van der Waals surface area contributed by atoms with Crippen molar-refractivity contribution in [2.75, 3.05) is 19.4 Å². The number of nitrogens with zero attached hydrogens (tertiary/aromatic N) is 2. The Labute approximate surface area is 125 Å². The number of carbonyl (C=O) groups is 2. The van der Waals surface area contributed by atoms with Crippen LogP contribution < -0.4 is 5.32 Å². The lowest BCUT2D eigenvalue weighted by molar-refractivity contribution is 0.0827. The first-order valence-electron chi connectivity index (χ1n) is 5.70. The summed E-state index contributed by atoms with van der Waals surface area (Å²) < 4.78 is 0. The Morgan fingerprint density at radius 3 is 2.70 bits per heavy atom. The van der Waals surface area contributed by atoms with Crippen LogP contribution in [0.2, 0.25) is 5.02 Å². The quantitative estimate of drug-likeness (QED) is 0.948. The topological polar surface area (TPSA) is 62.3 Å². The second-order valence-corrected chi connectivity index (χ2v) is 5.35. The Kier molecular flexibility index (Phi) is 4.36. The summed E-state index contributed by atoms with van der Waals surface area (Å²) in [6.07, 6.45) is 0. The lowest BCUT2D eigenvalue weighted by atomic mass is 10.1. The molecule has 1 N–H and O–H groups in total. The minimum atomic E-state index is -0.359. The maximum Gasteiger partial charge on any atom is 0.275 e. The van der Waals surface area contributed by atoms with Crippen LogP contribution in [0, 0.1) is 0 Å². The first-order chi connectivity index (χ1) is 9.49. The van der Waals surface area contributed by atoms with Gasteiger partial charge in [0.2, 0.25) is 0 Å². The van der Waals surface area contributed by atoms with Gasteiger partial charge in [-0.05, 0) is 18.2 Å². The van der Waals surface area contributed by atoms with Gasteiger partial charge in [0.25, 0.3) is 11.8 Å². The first kappa shape index (κ1) is 14.5. The fourth-order valence-corrected chi connectivity index (χ4v) is 2.22. The van der Waals surface area contributed by atoms with Gasteiger partial charge < -0.3 is 10.2 Å². The van der Waals surface area contributed by atoms with Gasteiger partial charge in [0.1, 0.15) is 5.69 Å². The summed E-state index contributed by atoms with van der Waals surface area (Å²) in [4.78, 5) is 29.2. The fraction of sp³-hybridized carbons (Fsp3) is 0.154. The van der Waals surface area contributed by atoms with E-state index in [4.69, 9.17) is 11.6 Å². The lowest BCUT2D eigenvalue weighted by Crippen LogP contribution is -2.22. The van der Waals surface area contributed by atoms with Crippen molar-refractivity contribution in [3.63, 3.8) is 0 Å². The number of nitrogens with one attached hydrogen (secondary N) is 1. The number of carbonyl (C=O) groups excluding carboxylic acids is 2. The zero-order valence-electron chi connectivity index (χ0n) is 10.9.